The van der Waals surface area contributed by atoms with Crippen LogP contribution in [-0.4, -0.2) is 33.4 Å². The number of tetrazole rings is 1. The van der Waals surface area contributed by atoms with E-state index in [1.165, 1.54) is 0 Å². The van der Waals surface area contributed by atoms with E-state index >= 15 is 0 Å². The van der Waals surface area contributed by atoms with Gasteiger partial charge in [-0.05, 0) is 41.5 Å². The molecule has 0 aliphatic carbocycles. The number of hydrogen-bond acceptors (Lipinski definition) is 5. The van der Waals surface area contributed by atoms with Crippen LogP contribution >= 0.6 is 11.6 Å². The molecule has 1 aliphatic rings. The van der Waals surface area contributed by atoms with Crippen molar-refractivity contribution < 1.29 is 9.47 Å². The second kappa shape index (κ2) is 5.66. The fourth-order valence-corrected chi connectivity index (χ4v) is 2.29. The van der Waals surface area contributed by atoms with Gasteiger partial charge in [0.25, 0.3) is 0 Å². The minimum Gasteiger partial charge on any atom is -0.486 e. The first-order valence-corrected chi connectivity index (χ1v) is 6.96. The Kier molecular flexibility index (Phi) is 3.73. The maximum atomic E-state index is 6.03. The molecule has 1 aromatic heterocycles. The number of rotatable bonds is 4. The number of aryl methyl sites for hydroxylation is 2. The highest BCUT2D eigenvalue weighted by atomic mass is 35.5. The number of hydrogen-bond donors (Lipinski definition) is 0. The zero-order chi connectivity index (χ0) is 13.9. The van der Waals surface area contributed by atoms with Crippen LogP contribution in [0.25, 0.3) is 0 Å². The molecule has 0 saturated carbocycles. The summed E-state index contributed by atoms with van der Waals surface area (Å²) in [5.41, 5.74) is 1.15. The predicted molar refractivity (Wildman–Crippen MR) is 73.2 cm³/mol. The molecule has 2 aromatic rings. The first kappa shape index (κ1) is 13.2. The van der Waals surface area contributed by atoms with Crippen molar-refractivity contribution in [2.45, 2.75) is 25.3 Å². The normalized spacial score (nSPS) is 15.1. The molecule has 1 aliphatic heterocycles. The molecule has 0 radical (unpaired) electrons. The zero-order valence-electron chi connectivity index (χ0n) is 11.1. The third-order valence-corrected chi connectivity index (χ3v) is 3.33. The summed E-state index contributed by atoms with van der Waals surface area (Å²) in [6, 6.07) is 5.97. The summed E-state index contributed by atoms with van der Waals surface area (Å²) in [5, 5.41) is 11.3. The van der Waals surface area contributed by atoms with Gasteiger partial charge in [-0.25, -0.2) is 4.68 Å². The third-order valence-electron chi connectivity index (χ3n) is 3.13. The maximum Gasteiger partial charge on any atom is 0.168 e. The van der Waals surface area contributed by atoms with Gasteiger partial charge < -0.3 is 9.47 Å². The summed E-state index contributed by atoms with van der Waals surface area (Å²) in [5.74, 6) is 2.29. The topological polar surface area (TPSA) is 62.1 Å². The lowest BCUT2D eigenvalue weighted by molar-refractivity contribution is 0.171. The van der Waals surface area contributed by atoms with Crippen LogP contribution in [0.2, 0.25) is 0 Å². The van der Waals surface area contributed by atoms with Crippen LogP contribution in [0.5, 0.6) is 11.5 Å². The quantitative estimate of drug-likeness (QED) is 0.807. The van der Waals surface area contributed by atoms with E-state index in [0.717, 1.165) is 23.5 Å². The Balaban J connectivity index is 1.70. The SMILES string of the molecule is CC(Cl)c1nnnn1CCc1ccc2c(c1)OCCO2. The summed E-state index contributed by atoms with van der Waals surface area (Å²) in [7, 11) is 0. The molecule has 0 saturated heterocycles. The Hall–Kier alpha value is -1.82. The highest BCUT2D eigenvalue weighted by Gasteiger charge is 2.14. The summed E-state index contributed by atoms with van der Waals surface area (Å²) >= 11 is 6.03. The van der Waals surface area contributed by atoms with Crippen LogP contribution in [0.15, 0.2) is 18.2 Å². The highest BCUT2D eigenvalue weighted by molar-refractivity contribution is 6.20. The Morgan fingerprint density at radius 1 is 1.30 bits per heavy atom. The van der Waals surface area contributed by atoms with Gasteiger partial charge in [0.05, 0.1) is 5.38 Å². The monoisotopic (exact) mass is 294 g/mol. The molecule has 1 aromatic carbocycles. The lowest BCUT2D eigenvalue weighted by Gasteiger charge is -2.18. The summed E-state index contributed by atoms with van der Waals surface area (Å²) < 4.78 is 12.8. The molecule has 0 bridgehead atoms. The van der Waals surface area contributed by atoms with Gasteiger partial charge >= 0.3 is 0 Å². The van der Waals surface area contributed by atoms with Crippen molar-refractivity contribution in [2.24, 2.45) is 0 Å². The minimum atomic E-state index is -0.203. The molecule has 7 heteroatoms. The second-order valence-corrected chi connectivity index (χ2v) is 5.26. The van der Waals surface area contributed by atoms with E-state index < -0.39 is 0 Å². The first-order valence-electron chi connectivity index (χ1n) is 6.52. The number of fused-ring (bicyclic) bond motifs is 1. The maximum absolute atomic E-state index is 6.03. The van der Waals surface area contributed by atoms with Gasteiger partial charge in [-0.1, -0.05) is 6.07 Å². The standard InChI is InChI=1S/C13H15ClN4O2/c1-9(14)13-15-16-17-18(13)5-4-10-2-3-11-12(8-10)20-7-6-19-11/h2-3,8-9H,4-7H2,1H3. The van der Waals surface area contributed by atoms with E-state index in [0.29, 0.717) is 25.6 Å². The average molecular weight is 295 g/mol. The van der Waals surface area contributed by atoms with Crippen molar-refractivity contribution >= 4 is 11.6 Å². The number of benzene rings is 1. The molecular formula is C13H15ClN4O2. The summed E-state index contributed by atoms with van der Waals surface area (Å²) in [4.78, 5) is 0. The van der Waals surface area contributed by atoms with Crippen LogP contribution in [-0.2, 0) is 13.0 Å². The van der Waals surface area contributed by atoms with E-state index in [2.05, 4.69) is 15.5 Å². The lowest BCUT2D eigenvalue weighted by atomic mass is 10.1. The van der Waals surface area contributed by atoms with Crippen LogP contribution < -0.4 is 9.47 Å². The van der Waals surface area contributed by atoms with Gasteiger partial charge in [0.15, 0.2) is 17.3 Å². The fraction of sp³-hybridized carbons (Fsp3) is 0.462. The Labute approximate surface area is 121 Å². The molecule has 3 rings (SSSR count). The Morgan fingerprint density at radius 3 is 2.90 bits per heavy atom. The first-order chi connectivity index (χ1) is 9.74. The highest BCUT2D eigenvalue weighted by Crippen LogP contribution is 2.31. The molecule has 20 heavy (non-hydrogen) atoms. The molecular weight excluding hydrogens is 280 g/mol. The zero-order valence-corrected chi connectivity index (χ0v) is 11.9. The molecule has 0 spiro atoms. The second-order valence-electron chi connectivity index (χ2n) is 4.60. The fourth-order valence-electron chi connectivity index (χ4n) is 2.13. The molecule has 1 atom stereocenters. The molecule has 106 valence electrons. The van der Waals surface area contributed by atoms with Gasteiger partial charge in [-0.2, -0.15) is 0 Å². The van der Waals surface area contributed by atoms with Gasteiger partial charge in [0, 0.05) is 6.54 Å². The number of halogens is 1. The number of aromatic nitrogens is 4. The van der Waals surface area contributed by atoms with E-state index in [1.807, 2.05) is 25.1 Å². The molecule has 0 amide bonds. The van der Waals surface area contributed by atoms with Crippen LogP contribution in [0, 0.1) is 0 Å². The molecule has 0 fully saturated rings. The number of ether oxygens (including phenoxy) is 2. The van der Waals surface area contributed by atoms with Crippen molar-refractivity contribution in [1.29, 1.82) is 0 Å². The number of nitrogens with zero attached hydrogens (tertiary/aromatic N) is 4. The molecule has 6 nitrogen and oxygen atoms in total. The third kappa shape index (κ3) is 2.70. The lowest BCUT2D eigenvalue weighted by Crippen LogP contribution is -2.15. The smallest absolute Gasteiger partial charge is 0.168 e. The van der Waals surface area contributed by atoms with E-state index in [9.17, 15) is 0 Å². The van der Waals surface area contributed by atoms with Gasteiger partial charge in [0.1, 0.15) is 13.2 Å². The van der Waals surface area contributed by atoms with Crippen LogP contribution in [0.4, 0.5) is 0 Å². The predicted octanol–water partition coefficient (Wildman–Crippen LogP) is 1.99. The summed E-state index contributed by atoms with van der Waals surface area (Å²) in [6.07, 6.45) is 0.804. The Bertz CT molecular complexity index is 600. The average Bonchev–Trinajstić information content (AvgIpc) is 2.93. The van der Waals surface area contributed by atoms with Crippen molar-refractivity contribution in [1.82, 2.24) is 20.2 Å². The van der Waals surface area contributed by atoms with E-state index in [-0.39, 0.29) is 5.38 Å². The molecule has 0 N–H and O–H groups in total. The van der Waals surface area contributed by atoms with Crippen molar-refractivity contribution in [3.63, 3.8) is 0 Å². The van der Waals surface area contributed by atoms with Crippen LogP contribution in [0.1, 0.15) is 23.7 Å². The minimum absolute atomic E-state index is 0.203. The van der Waals surface area contributed by atoms with Crippen LogP contribution in [0.3, 0.4) is 0 Å². The van der Waals surface area contributed by atoms with Crippen molar-refractivity contribution in [2.75, 3.05) is 13.2 Å². The van der Waals surface area contributed by atoms with Crippen molar-refractivity contribution in [3.05, 3.63) is 29.6 Å². The molecule has 2 heterocycles. The van der Waals surface area contributed by atoms with Crippen molar-refractivity contribution in [3.8, 4) is 11.5 Å². The largest absolute Gasteiger partial charge is 0.486 e. The molecule has 1 unspecified atom stereocenters. The van der Waals surface area contributed by atoms with Gasteiger partial charge in [0.2, 0.25) is 0 Å². The summed E-state index contributed by atoms with van der Waals surface area (Å²) in [6.45, 7) is 3.73. The Morgan fingerprint density at radius 2 is 2.10 bits per heavy atom. The van der Waals surface area contributed by atoms with Gasteiger partial charge in [-0.15, -0.1) is 16.7 Å². The van der Waals surface area contributed by atoms with Gasteiger partial charge in [-0.3, -0.25) is 0 Å². The van der Waals surface area contributed by atoms with E-state index in [1.54, 1.807) is 4.68 Å². The number of alkyl halides is 1. The van der Waals surface area contributed by atoms with E-state index in [4.69, 9.17) is 21.1 Å².